The first-order valence-electron chi connectivity index (χ1n) is 6.99. The third kappa shape index (κ3) is 3.87. The minimum absolute atomic E-state index is 0.00356. The van der Waals surface area contributed by atoms with Gasteiger partial charge in [-0.05, 0) is 38.4 Å². The summed E-state index contributed by atoms with van der Waals surface area (Å²) in [6.45, 7) is 3.11. The van der Waals surface area contributed by atoms with Crippen molar-refractivity contribution in [3.05, 3.63) is 24.3 Å². The first-order valence-corrected chi connectivity index (χ1v) is 6.99. The lowest BCUT2D eigenvalue weighted by atomic mass is 10.00. The van der Waals surface area contributed by atoms with Crippen LogP contribution in [0.2, 0.25) is 0 Å². The molecular weight excluding hydrogens is 256 g/mol. The lowest BCUT2D eigenvalue weighted by Crippen LogP contribution is -2.52. The van der Waals surface area contributed by atoms with Crippen molar-refractivity contribution in [3.63, 3.8) is 0 Å². The smallest absolute Gasteiger partial charge is 0.258 e. The largest absolute Gasteiger partial charge is 0.493 e. The molecule has 1 aromatic carbocycles. The van der Waals surface area contributed by atoms with Gasteiger partial charge in [0.1, 0.15) is 0 Å². The molecule has 2 N–H and O–H groups in total. The van der Waals surface area contributed by atoms with Crippen LogP contribution in [0.15, 0.2) is 24.3 Å². The summed E-state index contributed by atoms with van der Waals surface area (Å²) in [6.07, 6.45) is 2.09. The van der Waals surface area contributed by atoms with Crippen molar-refractivity contribution in [1.29, 1.82) is 0 Å². The summed E-state index contributed by atoms with van der Waals surface area (Å²) >= 11 is 0. The average molecular weight is 278 g/mol. The Kier molecular flexibility index (Phi) is 5.24. The Morgan fingerprint density at radius 2 is 2.15 bits per heavy atom. The standard InChI is InChI=1S/C15H22N2O3/c1-11-12(6-5-9-16-11)17-15(18)10-20-14-8-4-3-7-13(14)19-2/h3-4,7-8,11-12,16H,5-6,9-10H2,1-2H3,(H,17,18). The van der Waals surface area contributed by atoms with Gasteiger partial charge in [0, 0.05) is 12.1 Å². The van der Waals surface area contributed by atoms with Gasteiger partial charge in [0.2, 0.25) is 0 Å². The fourth-order valence-corrected chi connectivity index (χ4v) is 2.37. The quantitative estimate of drug-likeness (QED) is 0.853. The topological polar surface area (TPSA) is 59.6 Å². The minimum atomic E-state index is -0.101. The maximum absolute atomic E-state index is 11.9. The van der Waals surface area contributed by atoms with Gasteiger partial charge in [0.15, 0.2) is 18.1 Å². The predicted octanol–water partition coefficient (Wildman–Crippen LogP) is 1.33. The van der Waals surface area contributed by atoms with E-state index in [0.717, 1.165) is 19.4 Å². The molecule has 1 aliphatic heterocycles. The molecule has 1 aliphatic rings. The van der Waals surface area contributed by atoms with Crippen molar-refractivity contribution in [2.75, 3.05) is 20.3 Å². The maximum atomic E-state index is 11.9. The van der Waals surface area contributed by atoms with Crippen LogP contribution in [0.5, 0.6) is 11.5 Å². The molecule has 0 radical (unpaired) electrons. The molecule has 1 saturated heterocycles. The van der Waals surface area contributed by atoms with Crippen LogP contribution in [0.4, 0.5) is 0 Å². The molecule has 1 heterocycles. The molecular formula is C15H22N2O3. The van der Waals surface area contributed by atoms with Gasteiger partial charge in [-0.15, -0.1) is 0 Å². The van der Waals surface area contributed by atoms with Crippen molar-refractivity contribution in [1.82, 2.24) is 10.6 Å². The second-order valence-electron chi connectivity index (χ2n) is 5.00. The monoisotopic (exact) mass is 278 g/mol. The van der Waals surface area contributed by atoms with E-state index < -0.39 is 0 Å². The summed E-state index contributed by atoms with van der Waals surface area (Å²) in [5, 5.41) is 6.36. The number of para-hydroxylation sites is 2. The number of rotatable bonds is 5. The lowest BCUT2D eigenvalue weighted by Gasteiger charge is -2.30. The van der Waals surface area contributed by atoms with Crippen molar-refractivity contribution in [3.8, 4) is 11.5 Å². The SMILES string of the molecule is COc1ccccc1OCC(=O)NC1CCCNC1C. The molecule has 20 heavy (non-hydrogen) atoms. The highest BCUT2D eigenvalue weighted by Crippen LogP contribution is 2.25. The molecule has 5 heteroatoms. The molecule has 110 valence electrons. The van der Waals surface area contributed by atoms with E-state index in [1.807, 2.05) is 12.1 Å². The fourth-order valence-electron chi connectivity index (χ4n) is 2.37. The molecule has 0 spiro atoms. The van der Waals surface area contributed by atoms with Crippen molar-refractivity contribution in [2.45, 2.75) is 31.8 Å². The fraction of sp³-hybridized carbons (Fsp3) is 0.533. The molecule has 2 unspecified atom stereocenters. The highest BCUT2D eigenvalue weighted by Gasteiger charge is 2.22. The zero-order chi connectivity index (χ0) is 14.4. The number of nitrogens with one attached hydrogen (secondary N) is 2. The highest BCUT2D eigenvalue weighted by atomic mass is 16.5. The summed E-state index contributed by atoms with van der Waals surface area (Å²) in [7, 11) is 1.58. The van der Waals surface area contributed by atoms with Crippen LogP contribution in [0.25, 0.3) is 0 Å². The molecule has 1 fully saturated rings. The molecule has 1 aromatic rings. The van der Waals surface area contributed by atoms with E-state index >= 15 is 0 Å². The molecule has 1 amide bonds. The second kappa shape index (κ2) is 7.14. The summed E-state index contributed by atoms with van der Waals surface area (Å²) in [6, 6.07) is 7.79. The molecule has 0 bridgehead atoms. The summed E-state index contributed by atoms with van der Waals surface area (Å²) < 4.78 is 10.7. The van der Waals surface area contributed by atoms with E-state index in [2.05, 4.69) is 17.6 Å². The normalized spacial score (nSPS) is 22.1. The van der Waals surface area contributed by atoms with Gasteiger partial charge in [-0.2, -0.15) is 0 Å². The average Bonchev–Trinajstić information content (AvgIpc) is 2.48. The van der Waals surface area contributed by atoms with Crippen LogP contribution in [0, 0.1) is 0 Å². The number of hydrogen-bond donors (Lipinski definition) is 2. The van der Waals surface area contributed by atoms with Gasteiger partial charge in [0.05, 0.1) is 7.11 Å². The lowest BCUT2D eigenvalue weighted by molar-refractivity contribution is -0.124. The Morgan fingerprint density at radius 3 is 2.85 bits per heavy atom. The van der Waals surface area contributed by atoms with E-state index in [9.17, 15) is 4.79 Å². The molecule has 0 saturated carbocycles. The van der Waals surface area contributed by atoms with Crippen LogP contribution in [0.1, 0.15) is 19.8 Å². The highest BCUT2D eigenvalue weighted by molar-refractivity contribution is 5.78. The van der Waals surface area contributed by atoms with Gasteiger partial charge in [-0.1, -0.05) is 12.1 Å². The Balaban J connectivity index is 1.82. The Labute approximate surface area is 119 Å². The number of carbonyl (C=O) groups excluding carboxylic acids is 1. The van der Waals surface area contributed by atoms with Crippen molar-refractivity contribution >= 4 is 5.91 Å². The van der Waals surface area contributed by atoms with E-state index in [1.165, 1.54) is 0 Å². The van der Waals surface area contributed by atoms with Gasteiger partial charge in [0.25, 0.3) is 5.91 Å². The summed E-state index contributed by atoms with van der Waals surface area (Å²) in [5.74, 6) is 1.12. The summed E-state index contributed by atoms with van der Waals surface area (Å²) in [5.41, 5.74) is 0. The zero-order valence-corrected chi connectivity index (χ0v) is 12.0. The molecule has 5 nitrogen and oxygen atoms in total. The Bertz CT molecular complexity index is 450. The van der Waals surface area contributed by atoms with Gasteiger partial charge < -0.3 is 20.1 Å². The second-order valence-corrected chi connectivity index (χ2v) is 5.00. The molecule has 2 atom stereocenters. The summed E-state index contributed by atoms with van der Waals surface area (Å²) in [4.78, 5) is 11.9. The van der Waals surface area contributed by atoms with Crippen LogP contribution in [0.3, 0.4) is 0 Å². The zero-order valence-electron chi connectivity index (χ0n) is 12.0. The van der Waals surface area contributed by atoms with E-state index in [-0.39, 0.29) is 18.6 Å². The van der Waals surface area contributed by atoms with E-state index in [0.29, 0.717) is 17.5 Å². The minimum Gasteiger partial charge on any atom is -0.493 e. The Hall–Kier alpha value is -1.75. The van der Waals surface area contributed by atoms with E-state index in [4.69, 9.17) is 9.47 Å². The van der Waals surface area contributed by atoms with E-state index in [1.54, 1.807) is 19.2 Å². The van der Waals surface area contributed by atoms with Crippen LogP contribution >= 0.6 is 0 Å². The van der Waals surface area contributed by atoms with Crippen LogP contribution in [-0.2, 0) is 4.79 Å². The van der Waals surface area contributed by atoms with Crippen LogP contribution in [-0.4, -0.2) is 38.3 Å². The number of methoxy groups -OCH3 is 1. The maximum Gasteiger partial charge on any atom is 0.258 e. The number of hydrogen-bond acceptors (Lipinski definition) is 4. The molecule has 0 aliphatic carbocycles. The third-order valence-electron chi connectivity index (χ3n) is 3.54. The first kappa shape index (κ1) is 14.7. The number of ether oxygens (including phenoxy) is 2. The molecule has 2 rings (SSSR count). The van der Waals surface area contributed by atoms with Gasteiger partial charge in [-0.25, -0.2) is 0 Å². The molecule has 0 aromatic heterocycles. The van der Waals surface area contributed by atoms with Gasteiger partial charge >= 0.3 is 0 Å². The van der Waals surface area contributed by atoms with Crippen LogP contribution < -0.4 is 20.1 Å². The number of carbonyl (C=O) groups is 1. The van der Waals surface area contributed by atoms with Crippen molar-refractivity contribution in [2.24, 2.45) is 0 Å². The first-order chi connectivity index (χ1) is 9.70. The number of piperidine rings is 1. The van der Waals surface area contributed by atoms with Gasteiger partial charge in [-0.3, -0.25) is 4.79 Å². The van der Waals surface area contributed by atoms with Crippen molar-refractivity contribution < 1.29 is 14.3 Å². The predicted molar refractivity (Wildman–Crippen MR) is 77.1 cm³/mol. The third-order valence-corrected chi connectivity index (χ3v) is 3.54. The Morgan fingerprint density at radius 1 is 1.40 bits per heavy atom. The number of benzene rings is 1. The number of amides is 1.